The van der Waals surface area contributed by atoms with Crippen LogP contribution in [0.1, 0.15) is 77.0 Å². The van der Waals surface area contributed by atoms with Gasteiger partial charge in [-0.05, 0) is 88.3 Å². The highest BCUT2D eigenvalue weighted by atomic mass is 16.6. The predicted molar refractivity (Wildman–Crippen MR) is 156 cm³/mol. The van der Waals surface area contributed by atoms with Crippen LogP contribution in [0, 0.1) is 0 Å². The first-order chi connectivity index (χ1) is 19.4. The molecule has 2 atom stereocenters. The number of methoxy groups -OCH3 is 1. The van der Waals surface area contributed by atoms with Crippen molar-refractivity contribution in [2.45, 2.75) is 89.9 Å². The molecule has 0 heterocycles. The van der Waals surface area contributed by atoms with E-state index in [-0.39, 0.29) is 18.9 Å². The topological polar surface area (TPSA) is 140 Å². The van der Waals surface area contributed by atoms with Gasteiger partial charge in [0.1, 0.15) is 23.4 Å². The van der Waals surface area contributed by atoms with Crippen LogP contribution in [-0.4, -0.2) is 53.5 Å². The van der Waals surface area contributed by atoms with E-state index in [1.807, 2.05) is 31.2 Å². The summed E-state index contributed by atoms with van der Waals surface area (Å²) in [6.07, 6.45) is 2.20. The van der Waals surface area contributed by atoms with Crippen molar-refractivity contribution in [2.24, 2.45) is 5.73 Å². The van der Waals surface area contributed by atoms with Gasteiger partial charge in [0.05, 0.1) is 7.11 Å². The maximum atomic E-state index is 14.3. The van der Waals surface area contributed by atoms with Crippen LogP contribution in [0.15, 0.2) is 48.5 Å². The van der Waals surface area contributed by atoms with Gasteiger partial charge < -0.3 is 30.7 Å². The number of hydrogen-bond donors (Lipinski definition) is 3. The number of anilines is 1. The molecule has 0 spiro atoms. The van der Waals surface area contributed by atoms with Crippen LogP contribution in [0.25, 0.3) is 0 Å². The van der Waals surface area contributed by atoms with E-state index >= 15 is 0 Å². The highest BCUT2D eigenvalue weighted by Crippen LogP contribution is 2.35. The van der Waals surface area contributed by atoms with Crippen LogP contribution in [0.2, 0.25) is 0 Å². The molecule has 222 valence electrons. The maximum Gasteiger partial charge on any atom is 0.408 e. The third-order valence-electron chi connectivity index (χ3n) is 6.98. The molecular formula is C31H42N4O6. The maximum absolute atomic E-state index is 14.3. The van der Waals surface area contributed by atoms with Gasteiger partial charge in [0, 0.05) is 18.2 Å². The quantitative estimate of drug-likeness (QED) is 0.346. The molecule has 2 aromatic carbocycles. The fourth-order valence-electron chi connectivity index (χ4n) is 4.62. The highest BCUT2D eigenvalue weighted by Gasteiger charge is 2.42. The number of primary amides is 1. The first-order valence-electron chi connectivity index (χ1n) is 14.1. The van der Waals surface area contributed by atoms with Gasteiger partial charge in [0.2, 0.25) is 11.8 Å². The molecule has 1 fully saturated rings. The molecule has 0 radical (unpaired) electrons. The zero-order chi connectivity index (χ0) is 30.2. The molecule has 10 heteroatoms. The molecular weight excluding hydrogens is 524 g/mol. The van der Waals surface area contributed by atoms with Crippen LogP contribution in [-0.2, 0) is 25.5 Å². The molecule has 1 aliphatic rings. The Morgan fingerprint density at radius 3 is 2.15 bits per heavy atom. The number of alkyl carbamates (subject to hydrolysis) is 1. The molecule has 0 bridgehead atoms. The lowest BCUT2D eigenvalue weighted by Gasteiger charge is -2.43. The number of aryl methyl sites for hydroxylation is 1. The Morgan fingerprint density at radius 2 is 1.66 bits per heavy atom. The minimum atomic E-state index is -1.12. The van der Waals surface area contributed by atoms with Gasteiger partial charge in [-0.15, -0.1) is 0 Å². The SMILES string of the molecule is CCc1ccc(C(C(=O)Nc2ccc(OC)cc2)N(C(=O)C(CCC(N)=O)NC(=O)OC(C)(C)C)C2CCC2)cc1. The van der Waals surface area contributed by atoms with Crippen LogP contribution < -0.4 is 21.1 Å². The summed E-state index contributed by atoms with van der Waals surface area (Å²) in [5.74, 6) is -0.832. The Bertz CT molecular complexity index is 1200. The second-order valence-electron chi connectivity index (χ2n) is 11.2. The summed E-state index contributed by atoms with van der Waals surface area (Å²) in [4.78, 5) is 54.2. The second kappa shape index (κ2) is 14.0. The smallest absolute Gasteiger partial charge is 0.408 e. The number of nitrogens with two attached hydrogens (primary N) is 1. The fraction of sp³-hybridized carbons (Fsp3) is 0.484. The predicted octanol–water partition coefficient (Wildman–Crippen LogP) is 4.48. The molecule has 0 saturated heterocycles. The summed E-state index contributed by atoms with van der Waals surface area (Å²) < 4.78 is 10.6. The van der Waals surface area contributed by atoms with E-state index in [4.69, 9.17) is 15.2 Å². The van der Waals surface area contributed by atoms with Gasteiger partial charge in [0.15, 0.2) is 0 Å². The molecule has 2 unspecified atom stereocenters. The van der Waals surface area contributed by atoms with Crippen LogP contribution in [0.3, 0.4) is 0 Å². The Hall–Kier alpha value is -4.08. The van der Waals surface area contributed by atoms with Gasteiger partial charge in [-0.3, -0.25) is 14.4 Å². The monoisotopic (exact) mass is 566 g/mol. The first kappa shape index (κ1) is 31.4. The highest BCUT2D eigenvalue weighted by molar-refractivity contribution is 5.99. The lowest BCUT2D eigenvalue weighted by atomic mass is 9.87. The summed E-state index contributed by atoms with van der Waals surface area (Å²) in [6, 6.07) is 12.2. The van der Waals surface area contributed by atoms with Gasteiger partial charge >= 0.3 is 6.09 Å². The standard InChI is InChI=1S/C31H42N4O6/c1-6-20-10-12-21(13-11-20)27(28(37)33-22-14-16-24(40-5)17-15-22)35(23-8-7-9-23)29(38)25(18-19-26(32)36)34-30(39)41-31(2,3)4/h10-17,23,25,27H,6-9,18-19H2,1-5H3,(H2,32,36)(H,33,37)(H,34,39). The minimum absolute atomic E-state index is 0.0295. The summed E-state index contributed by atoms with van der Waals surface area (Å²) in [6.45, 7) is 7.19. The number of rotatable bonds is 12. The number of carbonyl (C=O) groups excluding carboxylic acids is 4. The summed E-state index contributed by atoms with van der Waals surface area (Å²) >= 11 is 0. The van der Waals surface area contributed by atoms with Gasteiger partial charge in [-0.1, -0.05) is 31.2 Å². The Morgan fingerprint density at radius 1 is 1.02 bits per heavy atom. The van der Waals surface area contributed by atoms with E-state index < -0.39 is 41.5 Å². The van der Waals surface area contributed by atoms with Crippen molar-refractivity contribution >= 4 is 29.5 Å². The van der Waals surface area contributed by atoms with Gasteiger partial charge in [0.25, 0.3) is 5.91 Å². The summed E-state index contributed by atoms with van der Waals surface area (Å²) in [5.41, 5.74) is 6.88. The van der Waals surface area contributed by atoms with Crippen molar-refractivity contribution in [3.8, 4) is 5.75 Å². The molecule has 10 nitrogen and oxygen atoms in total. The van der Waals surface area contributed by atoms with E-state index in [2.05, 4.69) is 10.6 Å². The third-order valence-corrected chi connectivity index (χ3v) is 6.98. The zero-order valence-electron chi connectivity index (χ0n) is 24.6. The average Bonchev–Trinajstić information content (AvgIpc) is 2.89. The third kappa shape index (κ3) is 8.96. The van der Waals surface area contributed by atoms with Gasteiger partial charge in [-0.2, -0.15) is 0 Å². The number of carbonyl (C=O) groups is 4. The van der Waals surface area contributed by atoms with Crippen molar-refractivity contribution < 1.29 is 28.7 Å². The van der Waals surface area contributed by atoms with Crippen molar-refractivity contribution in [2.75, 3.05) is 12.4 Å². The summed E-state index contributed by atoms with van der Waals surface area (Å²) in [5, 5.41) is 5.58. The fourth-order valence-corrected chi connectivity index (χ4v) is 4.62. The van der Waals surface area contributed by atoms with E-state index in [0.717, 1.165) is 18.4 Å². The second-order valence-corrected chi connectivity index (χ2v) is 11.2. The molecule has 0 aromatic heterocycles. The number of ether oxygens (including phenoxy) is 2. The zero-order valence-corrected chi connectivity index (χ0v) is 24.6. The van der Waals surface area contributed by atoms with Crippen molar-refractivity contribution in [3.63, 3.8) is 0 Å². The lowest BCUT2D eigenvalue weighted by Crippen LogP contribution is -2.57. The van der Waals surface area contributed by atoms with E-state index in [1.54, 1.807) is 57.0 Å². The number of nitrogens with one attached hydrogen (secondary N) is 2. The van der Waals surface area contributed by atoms with Crippen LogP contribution >= 0.6 is 0 Å². The van der Waals surface area contributed by atoms with Crippen LogP contribution in [0.4, 0.5) is 10.5 Å². The van der Waals surface area contributed by atoms with E-state index in [0.29, 0.717) is 29.8 Å². The molecule has 1 aliphatic carbocycles. The van der Waals surface area contributed by atoms with Crippen molar-refractivity contribution in [1.29, 1.82) is 0 Å². The minimum Gasteiger partial charge on any atom is -0.497 e. The first-order valence-corrected chi connectivity index (χ1v) is 14.1. The summed E-state index contributed by atoms with van der Waals surface area (Å²) in [7, 11) is 1.56. The molecule has 4 amide bonds. The van der Waals surface area contributed by atoms with E-state index in [1.165, 1.54) is 0 Å². The van der Waals surface area contributed by atoms with Crippen molar-refractivity contribution in [1.82, 2.24) is 10.2 Å². The van der Waals surface area contributed by atoms with E-state index in [9.17, 15) is 19.2 Å². The Balaban J connectivity index is 2.01. The molecule has 2 aromatic rings. The Kier molecular flexibility index (Phi) is 10.7. The largest absolute Gasteiger partial charge is 0.497 e. The van der Waals surface area contributed by atoms with Crippen LogP contribution in [0.5, 0.6) is 5.75 Å². The molecule has 1 saturated carbocycles. The molecule has 41 heavy (non-hydrogen) atoms. The number of benzene rings is 2. The molecule has 0 aliphatic heterocycles. The van der Waals surface area contributed by atoms with Crippen molar-refractivity contribution in [3.05, 3.63) is 59.7 Å². The number of hydrogen-bond acceptors (Lipinski definition) is 6. The average molecular weight is 567 g/mol. The number of nitrogens with zero attached hydrogens (tertiary/aromatic N) is 1. The number of amides is 4. The normalized spacial score (nSPS) is 14.7. The molecule has 4 N–H and O–H groups in total. The van der Waals surface area contributed by atoms with Gasteiger partial charge in [-0.25, -0.2) is 4.79 Å². The molecule has 3 rings (SSSR count). The lowest BCUT2D eigenvalue weighted by molar-refractivity contribution is -0.146. The Labute approximate surface area is 241 Å².